The Morgan fingerprint density at radius 2 is 1.81 bits per heavy atom. The molecule has 0 fully saturated rings. The van der Waals surface area contributed by atoms with Gasteiger partial charge in [-0.15, -0.1) is 11.3 Å². The average Bonchev–Trinajstić information content (AvgIpc) is 2.97. The van der Waals surface area contributed by atoms with Crippen LogP contribution < -0.4 is 4.80 Å². The zero-order valence-corrected chi connectivity index (χ0v) is 15.7. The number of thiazole rings is 1. The van der Waals surface area contributed by atoms with E-state index in [1.807, 2.05) is 19.2 Å². The molecule has 0 spiro atoms. The van der Waals surface area contributed by atoms with E-state index in [0.29, 0.717) is 5.56 Å². The average molecular weight is 367 g/mol. The Bertz CT molecular complexity index is 999. The minimum absolute atomic E-state index is 0.0127. The van der Waals surface area contributed by atoms with E-state index >= 15 is 0 Å². The summed E-state index contributed by atoms with van der Waals surface area (Å²) in [5, 5.41) is 26.0. The number of aromatic hydroxyl groups is 2. The summed E-state index contributed by atoms with van der Waals surface area (Å²) in [6, 6.07) is 12.8. The van der Waals surface area contributed by atoms with Crippen molar-refractivity contribution < 1.29 is 10.2 Å². The molecule has 0 atom stereocenters. The SMILES string of the molecule is Cc1ccc(-c2csc(=NC(C)C)n2N=Cc2ccc(O)cc2O)cc1. The van der Waals surface area contributed by atoms with Crippen molar-refractivity contribution in [2.24, 2.45) is 10.1 Å². The molecule has 3 rings (SSSR count). The molecule has 0 radical (unpaired) electrons. The van der Waals surface area contributed by atoms with Gasteiger partial charge >= 0.3 is 0 Å². The van der Waals surface area contributed by atoms with E-state index in [2.05, 4.69) is 41.3 Å². The van der Waals surface area contributed by atoms with Crippen LogP contribution in [0.4, 0.5) is 0 Å². The van der Waals surface area contributed by atoms with Crippen molar-refractivity contribution in [1.29, 1.82) is 0 Å². The third-order valence-electron chi connectivity index (χ3n) is 3.73. The standard InChI is InChI=1S/C20H21N3O2S/c1-13(2)22-20-23(21-11-16-8-9-17(24)10-19(16)25)18(12-26-20)15-6-4-14(3)5-7-15/h4-13,24-25H,1-3H3. The van der Waals surface area contributed by atoms with Gasteiger partial charge in [0.1, 0.15) is 11.5 Å². The predicted molar refractivity (Wildman–Crippen MR) is 106 cm³/mol. The number of benzene rings is 2. The Labute approximate surface area is 156 Å². The number of phenols is 2. The van der Waals surface area contributed by atoms with Gasteiger partial charge in [-0.25, -0.2) is 4.68 Å². The van der Waals surface area contributed by atoms with Gasteiger partial charge in [0.15, 0.2) is 0 Å². The van der Waals surface area contributed by atoms with Crippen LogP contribution in [-0.4, -0.2) is 27.1 Å². The third kappa shape index (κ3) is 4.03. The number of aryl methyl sites for hydroxylation is 1. The quantitative estimate of drug-likeness (QED) is 0.681. The lowest BCUT2D eigenvalue weighted by Gasteiger charge is -2.05. The van der Waals surface area contributed by atoms with E-state index in [1.54, 1.807) is 17.0 Å². The van der Waals surface area contributed by atoms with E-state index in [-0.39, 0.29) is 17.5 Å². The number of hydrogen-bond acceptors (Lipinski definition) is 5. The van der Waals surface area contributed by atoms with Gasteiger partial charge in [0, 0.05) is 28.6 Å². The molecule has 6 heteroatoms. The zero-order valence-electron chi connectivity index (χ0n) is 14.9. The molecule has 0 amide bonds. The van der Waals surface area contributed by atoms with Crippen molar-refractivity contribution in [3.63, 3.8) is 0 Å². The van der Waals surface area contributed by atoms with Crippen LogP contribution in [0.3, 0.4) is 0 Å². The van der Waals surface area contributed by atoms with Gasteiger partial charge in [0.05, 0.1) is 11.9 Å². The van der Waals surface area contributed by atoms with Crippen LogP contribution in [0.5, 0.6) is 11.5 Å². The highest BCUT2D eigenvalue weighted by molar-refractivity contribution is 7.07. The van der Waals surface area contributed by atoms with E-state index in [1.165, 1.54) is 29.0 Å². The molecular formula is C20H21N3O2S. The molecule has 5 nitrogen and oxygen atoms in total. The van der Waals surface area contributed by atoms with Gasteiger partial charge in [-0.1, -0.05) is 29.8 Å². The van der Waals surface area contributed by atoms with Crippen molar-refractivity contribution in [1.82, 2.24) is 4.68 Å². The summed E-state index contributed by atoms with van der Waals surface area (Å²) in [5.74, 6) is -0.0116. The number of aromatic nitrogens is 1. The van der Waals surface area contributed by atoms with E-state index in [9.17, 15) is 10.2 Å². The van der Waals surface area contributed by atoms with Gasteiger partial charge in [0.2, 0.25) is 4.80 Å². The fourth-order valence-corrected chi connectivity index (χ4v) is 3.37. The van der Waals surface area contributed by atoms with Gasteiger partial charge in [0.25, 0.3) is 0 Å². The molecular weight excluding hydrogens is 346 g/mol. The monoisotopic (exact) mass is 367 g/mol. The van der Waals surface area contributed by atoms with Crippen molar-refractivity contribution >= 4 is 17.6 Å². The molecule has 0 aliphatic carbocycles. The highest BCUT2D eigenvalue weighted by atomic mass is 32.1. The number of hydrogen-bond donors (Lipinski definition) is 2. The fraction of sp³-hybridized carbons (Fsp3) is 0.200. The highest BCUT2D eigenvalue weighted by Gasteiger charge is 2.08. The predicted octanol–water partition coefficient (Wildman–Crippen LogP) is 4.13. The molecule has 1 heterocycles. The maximum atomic E-state index is 9.97. The molecule has 3 aromatic rings. The summed E-state index contributed by atoms with van der Waals surface area (Å²) >= 11 is 1.53. The molecule has 0 aliphatic rings. The lowest BCUT2D eigenvalue weighted by molar-refractivity contribution is 0.450. The summed E-state index contributed by atoms with van der Waals surface area (Å²) in [6.07, 6.45) is 1.57. The largest absolute Gasteiger partial charge is 0.508 e. The second-order valence-electron chi connectivity index (χ2n) is 6.29. The number of phenolic OH excluding ortho intramolecular Hbond substituents is 2. The highest BCUT2D eigenvalue weighted by Crippen LogP contribution is 2.23. The van der Waals surface area contributed by atoms with Crippen molar-refractivity contribution in [3.05, 3.63) is 63.8 Å². The van der Waals surface area contributed by atoms with Crippen LogP contribution >= 0.6 is 11.3 Å². The summed E-state index contributed by atoms with van der Waals surface area (Å²) in [7, 11) is 0. The van der Waals surface area contributed by atoms with Gasteiger partial charge in [-0.2, -0.15) is 5.10 Å². The minimum Gasteiger partial charge on any atom is -0.508 e. The Morgan fingerprint density at radius 1 is 1.08 bits per heavy atom. The topological polar surface area (TPSA) is 70.1 Å². The van der Waals surface area contributed by atoms with Crippen molar-refractivity contribution in [2.45, 2.75) is 26.8 Å². The number of nitrogens with zero attached hydrogens (tertiary/aromatic N) is 3. The molecule has 2 N–H and O–H groups in total. The summed E-state index contributed by atoms with van der Waals surface area (Å²) in [5.41, 5.74) is 3.69. The summed E-state index contributed by atoms with van der Waals surface area (Å²) in [6.45, 7) is 6.09. The maximum absolute atomic E-state index is 9.97. The first-order valence-electron chi connectivity index (χ1n) is 8.32. The lowest BCUT2D eigenvalue weighted by atomic mass is 10.1. The van der Waals surface area contributed by atoms with Crippen LogP contribution in [0.25, 0.3) is 11.3 Å². The first-order valence-corrected chi connectivity index (χ1v) is 9.20. The van der Waals surface area contributed by atoms with Crippen molar-refractivity contribution in [2.75, 3.05) is 0 Å². The van der Waals surface area contributed by atoms with Crippen molar-refractivity contribution in [3.8, 4) is 22.8 Å². The first kappa shape index (κ1) is 17.9. The number of rotatable bonds is 4. The molecule has 26 heavy (non-hydrogen) atoms. The molecule has 0 saturated carbocycles. The van der Waals surface area contributed by atoms with Gasteiger partial charge in [-0.3, -0.25) is 4.99 Å². The van der Waals surface area contributed by atoms with E-state index < -0.39 is 0 Å². The maximum Gasteiger partial charge on any atom is 0.206 e. The van der Waals surface area contributed by atoms with Gasteiger partial charge in [-0.05, 0) is 32.9 Å². The molecule has 0 aliphatic heterocycles. The Balaban J connectivity index is 2.10. The summed E-state index contributed by atoms with van der Waals surface area (Å²) < 4.78 is 1.78. The van der Waals surface area contributed by atoms with E-state index in [4.69, 9.17) is 0 Å². The normalized spacial score (nSPS) is 12.4. The lowest BCUT2D eigenvalue weighted by Crippen LogP contribution is -2.14. The second kappa shape index (κ2) is 7.58. The van der Waals surface area contributed by atoms with E-state index in [0.717, 1.165) is 16.1 Å². The second-order valence-corrected chi connectivity index (χ2v) is 7.13. The van der Waals surface area contributed by atoms with Crippen LogP contribution in [0, 0.1) is 6.92 Å². The van der Waals surface area contributed by atoms with Crippen LogP contribution in [-0.2, 0) is 0 Å². The molecule has 134 valence electrons. The molecule has 0 unspecified atom stereocenters. The van der Waals surface area contributed by atoms with Gasteiger partial charge < -0.3 is 10.2 Å². The molecule has 0 bridgehead atoms. The Kier molecular flexibility index (Phi) is 5.23. The summed E-state index contributed by atoms with van der Waals surface area (Å²) in [4.78, 5) is 5.42. The first-order chi connectivity index (χ1) is 12.4. The van der Waals surface area contributed by atoms with Crippen LogP contribution in [0.1, 0.15) is 25.0 Å². The minimum atomic E-state index is -0.0242. The third-order valence-corrected chi connectivity index (χ3v) is 4.56. The zero-order chi connectivity index (χ0) is 18.7. The van der Waals surface area contributed by atoms with Crippen LogP contribution in [0.2, 0.25) is 0 Å². The Hall–Kier alpha value is -2.86. The Morgan fingerprint density at radius 3 is 2.46 bits per heavy atom. The molecule has 1 aromatic heterocycles. The smallest absolute Gasteiger partial charge is 0.206 e. The molecule has 0 saturated heterocycles. The fourth-order valence-electron chi connectivity index (χ4n) is 2.40. The molecule has 2 aromatic carbocycles. The van der Waals surface area contributed by atoms with Crippen LogP contribution in [0.15, 0.2) is 57.9 Å².